The van der Waals surface area contributed by atoms with E-state index in [1.54, 1.807) is 32.1 Å². The molecule has 0 aliphatic heterocycles. The number of carbonyl (C=O) groups excluding carboxylic acids is 2. The maximum Gasteiger partial charge on any atom is 0.242 e. The molecule has 0 unspecified atom stereocenters. The number of aryl methyl sites for hydroxylation is 1. The first-order chi connectivity index (χ1) is 14.4. The lowest BCUT2D eigenvalue weighted by molar-refractivity contribution is -0.140. The van der Waals surface area contributed by atoms with Gasteiger partial charge in [-0.2, -0.15) is 0 Å². The Kier molecular flexibility index (Phi) is 8.99. The zero-order valence-corrected chi connectivity index (χ0v) is 18.7. The second-order valence-corrected chi connectivity index (χ2v) is 7.28. The lowest BCUT2D eigenvalue weighted by Crippen LogP contribution is -2.47. The van der Waals surface area contributed by atoms with Crippen molar-refractivity contribution < 1.29 is 19.1 Å². The summed E-state index contributed by atoms with van der Waals surface area (Å²) >= 11 is 6.29. The molecule has 0 saturated carbocycles. The number of likely N-dealkylation sites (N-methyl/N-ethyl adjacent to an activating group) is 1. The standard InChI is InChI=1S/C23H29ClN2O4/c1-5-25-23(28)16(2)26(15-18-8-6-7-9-19(18)24)22(27)13-11-17-10-12-20(29-3)21(14-17)30-4/h6-10,12,14,16H,5,11,13,15H2,1-4H3,(H,25,28)/t16-/m1/s1. The predicted molar refractivity (Wildman–Crippen MR) is 118 cm³/mol. The fourth-order valence-electron chi connectivity index (χ4n) is 3.15. The second kappa shape index (κ2) is 11.5. The van der Waals surface area contributed by atoms with E-state index in [0.29, 0.717) is 29.5 Å². The van der Waals surface area contributed by atoms with Gasteiger partial charge in [0.2, 0.25) is 11.8 Å². The van der Waals surface area contributed by atoms with Crippen molar-refractivity contribution in [3.8, 4) is 11.5 Å². The number of nitrogens with one attached hydrogen (secondary N) is 1. The van der Waals surface area contributed by atoms with Gasteiger partial charge in [0.15, 0.2) is 11.5 Å². The molecule has 1 N–H and O–H groups in total. The number of ether oxygens (including phenoxy) is 2. The van der Waals surface area contributed by atoms with Gasteiger partial charge in [-0.05, 0) is 49.6 Å². The number of carbonyl (C=O) groups is 2. The summed E-state index contributed by atoms with van der Waals surface area (Å²) in [5.74, 6) is 0.941. The zero-order valence-electron chi connectivity index (χ0n) is 17.9. The van der Waals surface area contributed by atoms with Crippen LogP contribution in [0.4, 0.5) is 0 Å². The molecule has 2 amide bonds. The summed E-state index contributed by atoms with van der Waals surface area (Å²) in [4.78, 5) is 27.1. The highest BCUT2D eigenvalue weighted by Gasteiger charge is 2.26. The Balaban J connectivity index is 2.17. The fourth-order valence-corrected chi connectivity index (χ4v) is 3.34. The van der Waals surface area contributed by atoms with Crippen LogP contribution in [0.5, 0.6) is 11.5 Å². The van der Waals surface area contributed by atoms with Gasteiger partial charge in [-0.3, -0.25) is 9.59 Å². The molecule has 1 atom stereocenters. The van der Waals surface area contributed by atoms with Gasteiger partial charge in [0.25, 0.3) is 0 Å². The van der Waals surface area contributed by atoms with Crippen molar-refractivity contribution in [2.24, 2.45) is 0 Å². The van der Waals surface area contributed by atoms with E-state index in [-0.39, 0.29) is 24.8 Å². The summed E-state index contributed by atoms with van der Waals surface area (Å²) in [6, 6.07) is 12.3. The van der Waals surface area contributed by atoms with Crippen molar-refractivity contribution in [3.05, 3.63) is 58.6 Å². The minimum atomic E-state index is -0.612. The van der Waals surface area contributed by atoms with Gasteiger partial charge in [0, 0.05) is 24.5 Å². The Labute approximate surface area is 183 Å². The van der Waals surface area contributed by atoms with Crippen LogP contribution in [0, 0.1) is 0 Å². The molecule has 0 bridgehead atoms. The normalized spacial score (nSPS) is 11.5. The summed E-state index contributed by atoms with van der Waals surface area (Å²) in [6.07, 6.45) is 0.768. The topological polar surface area (TPSA) is 67.9 Å². The monoisotopic (exact) mass is 432 g/mol. The molecule has 30 heavy (non-hydrogen) atoms. The molecular formula is C23H29ClN2O4. The SMILES string of the molecule is CCNC(=O)[C@@H](C)N(Cc1ccccc1Cl)C(=O)CCc1ccc(OC)c(OC)c1. The molecule has 0 aromatic heterocycles. The molecular weight excluding hydrogens is 404 g/mol. The highest BCUT2D eigenvalue weighted by molar-refractivity contribution is 6.31. The third-order valence-corrected chi connectivity index (χ3v) is 5.26. The van der Waals surface area contributed by atoms with Crippen LogP contribution in [0.3, 0.4) is 0 Å². The molecule has 2 aromatic rings. The summed E-state index contributed by atoms with van der Waals surface area (Å²) in [5, 5.41) is 3.35. The summed E-state index contributed by atoms with van der Waals surface area (Å²) in [7, 11) is 3.16. The van der Waals surface area contributed by atoms with E-state index in [4.69, 9.17) is 21.1 Å². The molecule has 0 spiro atoms. The molecule has 0 heterocycles. The molecule has 0 fully saturated rings. The molecule has 0 radical (unpaired) electrons. The van der Waals surface area contributed by atoms with Gasteiger partial charge >= 0.3 is 0 Å². The maximum atomic E-state index is 13.1. The van der Waals surface area contributed by atoms with E-state index in [1.807, 2.05) is 43.3 Å². The molecule has 7 heteroatoms. The van der Waals surface area contributed by atoms with Crippen molar-refractivity contribution in [2.75, 3.05) is 20.8 Å². The average Bonchev–Trinajstić information content (AvgIpc) is 2.76. The van der Waals surface area contributed by atoms with E-state index in [0.717, 1.165) is 11.1 Å². The summed E-state index contributed by atoms with van der Waals surface area (Å²) in [5.41, 5.74) is 1.75. The molecule has 0 aliphatic rings. The van der Waals surface area contributed by atoms with E-state index < -0.39 is 6.04 Å². The number of hydrogen-bond acceptors (Lipinski definition) is 4. The fraction of sp³-hybridized carbons (Fsp3) is 0.391. The van der Waals surface area contributed by atoms with E-state index in [2.05, 4.69) is 5.32 Å². The zero-order chi connectivity index (χ0) is 22.1. The molecule has 2 aromatic carbocycles. The highest BCUT2D eigenvalue weighted by Crippen LogP contribution is 2.28. The largest absolute Gasteiger partial charge is 0.493 e. The van der Waals surface area contributed by atoms with Crippen molar-refractivity contribution >= 4 is 23.4 Å². The molecule has 6 nitrogen and oxygen atoms in total. The first-order valence-corrected chi connectivity index (χ1v) is 10.3. The van der Waals surface area contributed by atoms with Crippen molar-refractivity contribution in [2.45, 2.75) is 39.3 Å². The smallest absolute Gasteiger partial charge is 0.242 e. The van der Waals surface area contributed by atoms with Gasteiger partial charge in [-0.25, -0.2) is 0 Å². The maximum absolute atomic E-state index is 13.1. The Hall–Kier alpha value is -2.73. The van der Waals surface area contributed by atoms with Crippen molar-refractivity contribution in [1.29, 1.82) is 0 Å². The minimum absolute atomic E-state index is 0.122. The number of rotatable bonds is 10. The second-order valence-electron chi connectivity index (χ2n) is 6.87. The number of hydrogen-bond donors (Lipinski definition) is 1. The minimum Gasteiger partial charge on any atom is -0.493 e. The number of methoxy groups -OCH3 is 2. The highest BCUT2D eigenvalue weighted by atomic mass is 35.5. The third kappa shape index (κ3) is 6.13. The third-order valence-electron chi connectivity index (χ3n) is 4.89. The van der Waals surface area contributed by atoms with Gasteiger partial charge in [0.1, 0.15) is 6.04 Å². The van der Waals surface area contributed by atoms with Crippen LogP contribution in [-0.2, 0) is 22.6 Å². The molecule has 0 aliphatic carbocycles. The molecule has 162 valence electrons. The van der Waals surface area contributed by atoms with Crippen molar-refractivity contribution in [1.82, 2.24) is 10.2 Å². The quantitative estimate of drug-likeness (QED) is 0.619. The Morgan fingerprint density at radius 3 is 2.43 bits per heavy atom. The summed E-state index contributed by atoms with van der Waals surface area (Å²) < 4.78 is 10.6. The van der Waals surface area contributed by atoms with Crippen LogP contribution >= 0.6 is 11.6 Å². The van der Waals surface area contributed by atoms with Crippen LogP contribution < -0.4 is 14.8 Å². The van der Waals surface area contributed by atoms with Gasteiger partial charge in [-0.15, -0.1) is 0 Å². The van der Waals surface area contributed by atoms with Crippen LogP contribution in [0.25, 0.3) is 0 Å². The van der Waals surface area contributed by atoms with Crippen LogP contribution in [0.15, 0.2) is 42.5 Å². The number of nitrogens with zero attached hydrogens (tertiary/aromatic N) is 1. The predicted octanol–water partition coefficient (Wildman–Crippen LogP) is 3.84. The van der Waals surface area contributed by atoms with Crippen LogP contribution in [0.1, 0.15) is 31.4 Å². The number of benzene rings is 2. The van der Waals surface area contributed by atoms with E-state index in [9.17, 15) is 9.59 Å². The molecule has 2 rings (SSSR count). The van der Waals surface area contributed by atoms with Gasteiger partial charge < -0.3 is 19.7 Å². The Morgan fingerprint density at radius 2 is 1.80 bits per heavy atom. The average molecular weight is 433 g/mol. The van der Waals surface area contributed by atoms with E-state index >= 15 is 0 Å². The van der Waals surface area contributed by atoms with Gasteiger partial charge in [-0.1, -0.05) is 35.9 Å². The lowest BCUT2D eigenvalue weighted by Gasteiger charge is -2.29. The number of amides is 2. The molecule has 0 saturated heterocycles. The van der Waals surface area contributed by atoms with Gasteiger partial charge in [0.05, 0.1) is 14.2 Å². The first-order valence-electron chi connectivity index (χ1n) is 9.92. The number of halogens is 1. The van der Waals surface area contributed by atoms with Crippen molar-refractivity contribution in [3.63, 3.8) is 0 Å². The Morgan fingerprint density at radius 1 is 1.10 bits per heavy atom. The van der Waals surface area contributed by atoms with E-state index in [1.165, 1.54) is 0 Å². The Bertz CT molecular complexity index is 872. The van der Waals surface area contributed by atoms with Crippen LogP contribution in [-0.4, -0.2) is 43.5 Å². The lowest BCUT2D eigenvalue weighted by atomic mass is 10.1. The summed E-state index contributed by atoms with van der Waals surface area (Å²) in [6.45, 7) is 4.35. The van der Waals surface area contributed by atoms with Crippen LogP contribution in [0.2, 0.25) is 5.02 Å². The first kappa shape index (κ1) is 23.5.